The number of hydrogen-bond donors (Lipinski definition) is 1. The van der Waals surface area contributed by atoms with Crippen LogP contribution in [0.1, 0.15) is 10.4 Å². The normalized spacial score (nSPS) is 12.6. The molecule has 21 heavy (non-hydrogen) atoms. The quantitative estimate of drug-likeness (QED) is 0.783. The van der Waals surface area contributed by atoms with Gasteiger partial charge in [0.1, 0.15) is 0 Å². The lowest BCUT2D eigenvalue weighted by atomic mass is 10.2. The van der Waals surface area contributed by atoms with Crippen molar-refractivity contribution in [2.45, 2.75) is 0 Å². The third-order valence-electron chi connectivity index (χ3n) is 3.30. The molecular weight excluding hydrogens is 270 g/mol. The molecule has 0 atom stereocenters. The number of ether oxygens (including phenoxy) is 2. The van der Waals surface area contributed by atoms with E-state index in [1.807, 2.05) is 28.9 Å². The Morgan fingerprint density at radius 3 is 3.05 bits per heavy atom. The van der Waals surface area contributed by atoms with Gasteiger partial charge in [-0.3, -0.25) is 4.79 Å². The standard InChI is InChI=1S/C15H11N3O3/c19-15(10-3-4-12-13(8-10)21-9-20-12)17-11-2-1-6-18-7-5-16-14(11)18/h1-8H,9H2,(H,17,19). The molecule has 1 N–H and O–H groups in total. The van der Waals surface area contributed by atoms with Crippen LogP contribution in [0.15, 0.2) is 48.9 Å². The highest BCUT2D eigenvalue weighted by Gasteiger charge is 2.16. The first-order valence-electron chi connectivity index (χ1n) is 6.44. The fraction of sp³-hybridized carbons (Fsp3) is 0.0667. The van der Waals surface area contributed by atoms with E-state index in [1.165, 1.54) is 0 Å². The van der Waals surface area contributed by atoms with Gasteiger partial charge < -0.3 is 19.2 Å². The first-order chi connectivity index (χ1) is 10.3. The maximum atomic E-state index is 12.3. The lowest BCUT2D eigenvalue weighted by Gasteiger charge is -2.07. The van der Waals surface area contributed by atoms with Crippen molar-refractivity contribution in [2.75, 3.05) is 12.1 Å². The maximum absolute atomic E-state index is 12.3. The molecule has 0 saturated heterocycles. The summed E-state index contributed by atoms with van der Waals surface area (Å²) in [6.07, 6.45) is 5.38. The summed E-state index contributed by atoms with van der Waals surface area (Å²) in [4.78, 5) is 16.6. The Labute approximate surface area is 119 Å². The third-order valence-corrected chi connectivity index (χ3v) is 3.30. The van der Waals surface area contributed by atoms with Gasteiger partial charge in [0, 0.05) is 24.2 Å². The van der Waals surface area contributed by atoms with Gasteiger partial charge in [0.2, 0.25) is 6.79 Å². The molecule has 0 spiro atoms. The molecule has 3 heterocycles. The van der Waals surface area contributed by atoms with Crippen LogP contribution in [0.2, 0.25) is 0 Å². The number of aromatic nitrogens is 2. The van der Waals surface area contributed by atoms with Gasteiger partial charge in [-0.2, -0.15) is 0 Å². The van der Waals surface area contributed by atoms with Gasteiger partial charge in [-0.25, -0.2) is 4.98 Å². The number of carbonyl (C=O) groups excluding carboxylic acids is 1. The van der Waals surface area contributed by atoms with Crippen molar-refractivity contribution in [1.82, 2.24) is 9.38 Å². The van der Waals surface area contributed by atoms with Crippen LogP contribution in [0.3, 0.4) is 0 Å². The summed E-state index contributed by atoms with van der Waals surface area (Å²) in [5, 5.41) is 2.86. The van der Waals surface area contributed by atoms with E-state index in [0.717, 1.165) is 0 Å². The minimum absolute atomic E-state index is 0.188. The molecule has 4 rings (SSSR count). The van der Waals surface area contributed by atoms with Gasteiger partial charge in [-0.05, 0) is 30.3 Å². The predicted octanol–water partition coefficient (Wildman–Crippen LogP) is 2.32. The number of nitrogens with one attached hydrogen (secondary N) is 1. The van der Waals surface area contributed by atoms with Gasteiger partial charge in [-0.1, -0.05) is 0 Å². The fourth-order valence-corrected chi connectivity index (χ4v) is 2.28. The van der Waals surface area contributed by atoms with E-state index in [-0.39, 0.29) is 12.7 Å². The molecule has 0 unspecified atom stereocenters. The number of fused-ring (bicyclic) bond motifs is 2. The summed E-state index contributed by atoms with van der Waals surface area (Å²) in [5.74, 6) is 1.02. The maximum Gasteiger partial charge on any atom is 0.255 e. The van der Waals surface area contributed by atoms with E-state index >= 15 is 0 Å². The predicted molar refractivity (Wildman–Crippen MR) is 75.7 cm³/mol. The van der Waals surface area contributed by atoms with Gasteiger partial charge in [0.05, 0.1) is 5.69 Å². The van der Waals surface area contributed by atoms with Gasteiger partial charge >= 0.3 is 0 Å². The molecule has 1 amide bonds. The summed E-state index contributed by atoms with van der Waals surface area (Å²) in [7, 11) is 0. The molecule has 0 radical (unpaired) electrons. The largest absolute Gasteiger partial charge is 0.454 e. The van der Waals surface area contributed by atoms with E-state index in [1.54, 1.807) is 24.4 Å². The van der Waals surface area contributed by atoms with E-state index in [0.29, 0.717) is 28.4 Å². The van der Waals surface area contributed by atoms with Crippen LogP contribution in [0.25, 0.3) is 5.65 Å². The molecule has 6 heteroatoms. The molecule has 0 aliphatic carbocycles. The summed E-state index contributed by atoms with van der Waals surface area (Å²) in [6.45, 7) is 0.188. The van der Waals surface area contributed by atoms with Crippen molar-refractivity contribution in [3.8, 4) is 11.5 Å². The zero-order valence-corrected chi connectivity index (χ0v) is 10.9. The number of imidazole rings is 1. The smallest absolute Gasteiger partial charge is 0.255 e. The van der Waals surface area contributed by atoms with E-state index < -0.39 is 0 Å². The number of anilines is 1. The number of carbonyl (C=O) groups is 1. The molecule has 1 aliphatic rings. The molecule has 0 fully saturated rings. The molecule has 3 aromatic rings. The highest BCUT2D eigenvalue weighted by molar-refractivity contribution is 6.06. The first kappa shape index (κ1) is 11.8. The van der Waals surface area contributed by atoms with Crippen LogP contribution < -0.4 is 14.8 Å². The SMILES string of the molecule is O=C(Nc1cccn2ccnc12)c1ccc2c(c1)OCO2. The van der Waals surface area contributed by atoms with Gasteiger partial charge in [0.15, 0.2) is 17.1 Å². The number of amides is 1. The average molecular weight is 281 g/mol. The topological polar surface area (TPSA) is 64.9 Å². The zero-order chi connectivity index (χ0) is 14.2. The van der Waals surface area contributed by atoms with Crippen molar-refractivity contribution in [2.24, 2.45) is 0 Å². The second-order valence-electron chi connectivity index (χ2n) is 4.60. The fourth-order valence-electron chi connectivity index (χ4n) is 2.28. The van der Waals surface area contributed by atoms with Crippen LogP contribution in [0.5, 0.6) is 11.5 Å². The van der Waals surface area contributed by atoms with Crippen LogP contribution in [-0.4, -0.2) is 22.1 Å². The second kappa shape index (κ2) is 4.52. The van der Waals surface area contributed by atoms with Gasteiger partial charge in [-0.15, -0.1) is 0 Å². The van der Waals surface area contributed by atoms with Crippen molar-refractivity contribution < 1.29 is 14.3 Å². The minimum atomic E-state index is -0.218. The van der Waals surface area contributed by atoms with Gasteiger partial charge in [0.25, 0.3) is 5.91 Å². The lowest BCUT2D eigenvalue weighted by Crippen LogP contribution is -2.12. The highest BCUT2D eigenvalue weighted by atomic mass is 16.7. The zero-order valence-electron chi connectivity index (χ0n) is 10.9. The Hall–Kier alpha value is -3.02. The van der Waals surface area contributed by atoms with E-state index in [9.17, 15) is 4.79 Å². The molecule has 104 valence electrons. The minimum Gasteiger partial charge on any atom is -0.454 e. The van der Waals surface area contributed by atoms with Crippen molar-refractivity contribution in [1.29, 1.82) is 0 Å². The highest BCUT2D eigenvalue weighted by Crippen LogP contribution is 2.32. The van der Waals surface area contributed by atoms with Crippen molar-refractivity contribution >= 4 is 17.2 Å². The molecule has 0 bridgehead atoms. The van der Waals surface area contributed by atoms with Crippen LogP contribution in [0.4, 0.5) is 5.69 Å². The Kier molecular flexibility index (Phi) is 2.53. The average Bonchev–Trinajstić information content (AvgIpc) is 3.15. The number of hydrogen-bond acceptors (Lipinski definition) is 4. The molecule has 0 saturated carbocycles. The summed E-state index contributed by atoms with van der Waals surface area (Å²) >= 11 is 0. The van der Waals surface area contributed by atoms with Crippen LogP contribution in [0, 0.1) is 0 Å². The molecule has 1 aromatic carbocycles. The van der Waals surface area contributed by atoms with Crippen LogP contribution in [-0.2, 0) is 0 Å². The van der Waals surface area contributed by atoms with Crippen LogP contribution >= 0.6 is 0 Å². The van der Waals surface area contributed by atoms with Crippen molar-refractivity contribution in [3.05, 3.63) is 54.5 Å². The van der Waals surface area contributed by atoms with Crippen molar-refractivity contribution in [3.63, 3.8) is 0 Å². The molecular formula is C15H11N3O3. The Morgan fingerprint density at radius 2 is 2.10 bits per heavy atom. The lowest BCUT2D eigenvalue weighted by molar-refractivity contribution is 0.102. The summed E-state index contributed by atoms with van der Waals surface area (Å²) in [6, 6.07) is 8.77. The number of pyridine rings is 1. The Balaban J connectivity index is 1.65. The summed E-state index contributed by atoms with van der Waals surface area (Å²) in [5.41, 5.74) is 1.87. The molecule has 6 nitrogen and oxygen atoms in total. The third kappa shape index (κ3) is 1.97. The Morgan fingerprint density at radius 1 is 1.19 bits per heavy atom. The molecule has 1 aliphatic heterocycles. The van der Waals surface area contributed by atoms with E-state index in [2.05, 4.69) is 10.3 Å². The number of nitrogens with zero attached hydrogens (tertiary/aromatic N) is 2. The first-order valence-corrected chi connectivity index (χ1v) is 6.44. The Bertz CT molecular complexity index is 841. The number of benzene rings is 1. The monoisotopic (exact) mass is 281 g/mol. The molecule has 2 aromatic heterocycles. The number of rotatable bonds is 2. The second-order valence-corrected chi connectivity index (χ2v) is 4.60. The summed E-state index contributed by atoms with van der Waals surface area (Å²) < 4.78 is 12.4. The van der Waals surface area contributed by atoms with E-state index in [4.69, 9.17) is 9.47 Å².